The third-order valence-corrected chi connectivity index (χ3v) is 4.57. The zero-order valence-corrected chi connectivity index (χ0v) is 11.8. The molecule has 0 amide bonds. The lowest BCUT2D eigenvalue weighted by Crippen LogP contribution is -2.29. The van der Waals surface area contributed by atoms with Crippen LogP contribution in [0.3, 0.4) is 0 Å². The normalized spacial score (nSPS) is 17.3. The van der Waals surface area contributed by atoms with Crippen LogP contribution >= 0.6 is 11.3 Å². The summed E-state index contributed by atoms with van der Waals surface area (Å²) in [6, 6.07) is 0. The summed E-state index contributed by atoms with van der Waals surface area (Å²) in [4.78, 5) is 18.7. The molecule has 1 aromatic rings. The highest BCUT2D eigenvalue weighted by atomic mass is 32.1. The van der Waals surface area contributed by atoms with Crippen molar-refractivity contribution in [2.24, 2.45) is 0 Å². The molecule has 1 fully saturated rings. The monoisotopic (exact) mass is 268 g/mol. The Hall–Kier alpha value is -0.940. The molecule has 0 radical (unpaired) electrons. The maximum absolute atomic E-state index is 11.2. The average molecular weight is 268 g/mol. The molecule has 4 nitrogen and oxygen atoms in total. The first kappa shape index (κ1) is 13.5. The van der Waals surface area contributed by atoms with Gasteiger partial charge in [0.05, 0.1) is 9.88 Å². The van der Waals surface area contributed by atoms with Crippen LogP contribution in [0.5, 0.6) is 0 Å². The van der Waals surface area contributed by atoms with Gasteiger partial charge in [0.15, 0.2) is 5.69 Å². The second-order valence-electron chi connectivity index (χ2n) is 5.12. The van der Waals surface area contributed by atoms with Crippen LogP contribution in [-0.2, 0) is 6.54 Å². The van der Waals surface area contributed by atoms with Gasteiger partial charge in [-0.25, -0.2) is 9.78 Å². The lowest BCUT2D eigenvalue weighted by molar-refractivity contribution is 0.0688. The predicted octanol–water partition coefficient (Wildman–Crippen LogP) is 2.95. The van der Waals surface area contributed by atoms with Crippen LogP contribution in [0.2, 0.25) is 0 Å². The van der Waals surface area contributed by atoms with Gasteiger partial charge < -0.3 is 5.11 Å². The standard InChI is InChI=1S/C13H20N2O2S/c1-9(2)12-14-11(13(16)17)10(18-12)8-15-6-4-3-5-7-15/h9H,3-8H2,1-2H3,(H,16,17). The zero-order chi connectivity index (χ0) is 13.1. The molecule has 2 heterocycles. The van der Waals surface area contributed by atoms with E-state index >= 15 is 0 Å². The molecule has 0 unspecified atom stereocenters. The summed E-state index contributed by atoms with van der Waals surface area (Å²) in [5.41, 5.74) is 0.259. The molecule has 0 atom stereocenters. The average Bonchev–Trinajstić information content (AvgIpc) is 2.74. The minimum absolute atomic E-state index is 0.259. The largest absolute Gasteiger partial charge is 0.476 e. The van der Waals surface area contributed by atoms with Gasteiger partial charge in [0.1, 0.15) is 0 Å². The summed E-state index contributed by atoms with van der Waals surface area (Å²) in [6.45, 7) is 7.00. The number of aromatic carboxylic acids is 1. The van der Waals surface area contributed by atoms with Crippen molar-refractivity contribution in [1.29, 1.82) is 0 Å². The Balaban J connectivity index is 2.16. The molecule has 100 valence electrons. The molecular weight excluding hydrogens is 248 g/mol. The number of carboxylic acids is 1. The third kappa shape index (κ3) is 3.09. The Bertz CT molecular complexity index is 423. The van der Waals surface area contributed by atoms with E-state index < -0.39 is 5.97 Å². The van der Waals surface area contributed by atoms with E-state index in [0.29, 0.717) is 5.92 Å². The Kier molecular flexibility index (Phi) is 4.35. The fourth-order valence-corrected chi connectivity index (χ4v) is 3.31. The van der Waals surface area contributed by atoms with Crippen molar-refractivity contribution in [3.05, 3.63) is 15.6 Å². The number of carboxylic acid groups (broad SMARTS) is 1. The van der Waals surface area contributed by atoms with Crippen molar-refractivity contribution in [1.82, 2.24) is 9.88 Å². The molecule has 18 heavy (non-hydrogen) atoms. The Morgan fingerprint density at radius 3 is 2.61 bits per heavy atom. The molecule has 1 N–H and O–H groups in total. The van der Waals surface area contributed by atoms with E-state index in [2.05, 4.69) is 23.7 Å². The smallest absolute Gasteiger partial charge is 0.355 e. The summed E-state index contributed by atoms with van der Waals surface area (Å²) >= 11 is 1.56. The summed E-state index contributed by atoms with van der Waals surface area (Å²) in [5.74, 6) is -0.603. The number of piperidine rings is 1. The first-order valence-electron chi connectivity index (χ1n) is 6.53. The van der Waals surface area contributed by atoms with Crippen LogP contribution in [0.4, 0.5) is 0 Å². The molecule has 1 aliphatic heterocycles. The van der Waals surface area contributed by atoms with Crippen LogP contribution in [-0.4, -0.2) is 34.0 Å². The maximum atomic E-state index is 11.2. The first-order valence-corrected chi connectivity index (χ1v) is 7.35. The van der Waals surface area contributed by atoms with Crippen molar-refractivity contribution >= 4 is 17.3 Å². The quantitative estimate of drug-likeness (QED) is 0.912. The van der Waals surface area contributed by atoms with E-state index in [4.69, 9.17) is 0 Å². The SMILES string of the molecule is CC(C)c1nc(C(=O)O)c(CN2CCCCC2)s1. The summed E-state index contributed by atoms with van der Waals surface area (Å²) in [7, 11) is 0. The van der Waals surface area contributed by atoms with Gasteiger partial charge in [0, 0.05) is 12.5 Å². The second kappa shape index (κ2) is 5.80. The number of nitrogens with zero attached hydrogens (tertiary/aromatic N) is 2. The summed E-state index contributed by atoms with van der Waals surface area (Å²) < 4.78 is 0. The van der Waals surface area contributed by atoms with Gasteiger partial charge in [-0.2, -0.15) is 0 Å². The van der Waals surface area contributed by atoms with E-state index in [0.717, 1.165) is 29.5 Å². The molecule has 1 saturated heterocycles. The summed E-state index contributed by atoms with van der Waals surface area (Å²) in [6.07, 6.45) is 3.73. The molecular formula is C13H20N2O2S. The van der Waals surface area contributed by atoms with Gasteiger partial charge in [0.25, 0.3) is 0 Å². The zero-order valence-electron chi connectivity index (χ0n) is 11.0. The molecule has 0 spiro atoms. The number of likely N-dealkylation sites (tertiary alicyclic amines) is 1. The van der Waals surface area contributed by atoms with E-state index in [-0.39, 0.29) is 5.69 Å². The lowest BCUT2D eigenvalue weighted by Gasteiger charge is -2.25. The highest BCUT2D eigenvalue weighted by Crippen LogP contribution is 2.27. The van der Waals surface area contributed by atoms with Crippen molar-refractivity contribution < 1.29 is 9.90 Å². The molecule has 0 aliphatic carbocycles. The van der Waals surface area contributed by atoms with Crippen molar-refractivity contribution in [2.75, 3.05) is 13.1 Å². The van der Waals surface area contributed by atoms with Crippen LogP contribution in [0, 0.1) is 0 Å². The Labute approximate surface area is 112 Å². The van der Waals surface area contributed by atoms with Crippen LogP contribution < -0.4 is 0 Å². The lowest BCUT2D eigenvalue weighted by atomic mass is 10.1. The highest BCUT2D eigenvalue weighted by molar-refractivity contribution is 7.12. The van der Waals surface area contributed by atoms with Gasteiger partial charge >= 0.3 is 5.97 Å². The van der Waals surface area contributed by atoms with Gasteiger partial charge in [-0.3, -0.25) is 4.90 Å². The molecule has 1 aliphatic rings. The van der Waals surface area contributed by atoms with Crippen molar-refractivity contribution in [3.63, 3.8) is 0 Å². The topological polar surface area (TPSA) is 53.4 Å². The molecule has 1 aromatic heterocycles. The number of aromatic nitrogens is 1. The Morgan fingerprint density at radius 1 is 1.39 bits per heavy atom. The number of carbonyl (C=O) groups is 1. The van der Waals surface area contributed by atoms with Crippen LogP contribution in [0.25, 0.3) is 0 Å². The molecule has 0 saturated carbocycles. The van der Waals surface area contributed by atoms with Crippen molar-refractivity contribution in [2.45, 2.75) is 45.6 Å². The summed E-state index contributed by atoms with van der Waals surface area (Å²) in [5, 5.41) is 10.1. The minimum Gasteiger partial charge on any atom is -0.476 e. The van der Waals surface area contributed by atoms with Crippen molar-refractivity contribution in [3.8, 4) is 0 Å². The fraction of sp³-hybridized carbons (Fsp3) is 0.692. The minimum atomic E-state index is -0.898. The number of thiazole rings is 1. The number of hydrogen-bond donors (Lipinski definition) is 1. The highest BCUT2D eigenvalue weighted by Gasteiger charge is 2.21. The second-order valence-corrected chi connectivity index (χ2v) is 6.24. The van der Waals surface area contributed by atoms with Gasteiger partial charge in [-0.1, -0.05) is 20.3 Å². The fourth-order valence-electron chi connectivity index (χ4n) is 2.21. The van der Waals surface area contributed by atoms with Gasteiger partial charge in [-0.15, -0.1) is 11.3 Å². The van der Waals surface area contributed by atoms with E-state index in [1.54, 1.807) is 11.3 Å². The maximum Gasteiger partial charge on any atom is 0.355 e. The van der Waals surface area contributed by atoms with Crippen LogP contribution in [0.15, 0.2) is 0 Å². The molecule has 5 heteroatoms. The number of hydrogen-bond acceptors (Lipinski definition) is 4. The van der Waals surface area contributed by atoms with Gasteiger partial charge in [-0.05, 0) is 25.9 Å². The predicted molar refractivity (Wildman–Crippen MR) is 72.3 cm³/mol. The van der Waals surface area contributed by atoms with E-state index in [1.165, 1.54) is 19.3 Å². The van der Waals surface area contributed by atoms with Crippen LogP contribution in [0.1, 0.15) is 59.4 Å². The Morgan fingerprint density at radius 2 is 2.06 bits per heavy atom. The molecule has 2 rings (SSSR count). The van der Waals surface area contributed by atoms with E-state index in [1.807, 2.05) is 0 Å². The first-order chi connectivity index (χ1) is 8.58. The third-order valence-electron chi connectivity index (χ3n) is 3.23. The molecule has 0 bridgehead atoms. The molecule has 0 aromatic carbocycles. The van der Waals surface area contributed by atoms with Gasteiger partial charge in [0.2, 0.25) is 0 Å². The van der Waals surface area contributed by atoms with E-state index in [9.17, 15) is 9.90 Å². The number of rotatable bonds is 4.